The van der Waals surface area contributed by atoms with Gasteiger partial charge >= 0.3 is 0 Å². The minimum Gasteiger partial charge on any atom is -0.456 e. The van der Waals surface area contributed by atoms with E-state index in [4.69, 9.17) is 4.42 Å². The first-order valence-corrected chi connectivity index (χ1v) is 34.2. The molecule has 0 saturated carbocycles. The van der Waals surface area contributed by atoms with Crippen molar-refractivity contribution < 1.29 is 4.42 Å². The van der Waals surface area contributed by atoms with Crippen LogP contribution in [0.1, 0.15) is 48.6 Å². The van der Waals surface area contributed by atoms with Gasteiger partial charge < -0.3 is 4.42 Å². The summed E-state index contributed by atoms with van der Waals surface area (Å²) in [5, 5.41) is 23.1. The number of benzene rings is 16. The quantitative estimate of drug-likeness (QED) is 0.157. The van der Waals surface area contributed by atoms with Gasteiger partial charge in [-0.2, -0.15) is 0 Å². The van der Waals surface area contributed by atoms with Crippen LogP contribution in [0.3, 0.4) is 0 Å². The molecule has 19 aromatic rings. The molecule has 93 heavy (non-hydrogen) atoms. The molecule has 1 unspecified atom stereocenters. The number of fused-ring (bicyclic) bond motifs is 26. The van der Waals surface area contributed by atoms with Crippen LogP contribution in [0.25, 0.3) is 183 Å². The molecule has 0 bridgehead atoms. The monoisotopic (exact) mass is 1220 g/mol. The number of furan rings is 1. The molecule has 3 heteroatoms. The molecule has 0 radical (unpaired) electrons. The van der Waals surface area contributed by atoms with Gasteiger partial charge in [-0.15, -0.1) is 22.7 Å². The third kappa shape index (κ3) is 7.05. The van der Waals surface area contributed by atoms with Crippen molar-refractivity contribution in [2.24, 2.45) is 0 Å². The van der Waals surface area contributed by atoms with Gasteiger partial charge in [-0.05, 0) is 198 Å². The molecule has 16 aromatic carbocycles. The van der Waals surface area contributed by atoms with Gasteiger partial charge in [0.25, 0.3) is 0 Å². The predicted molar refractivity (Wildman–Crippen MR) is 400 cm³/mol. The van der Waals surface area contributed by atoms with Crippen molar-refractivity contribution in [2.75, 3.05) is 0 Å². The number of para-hydroxylation sites is 1. The number of thiophene rings is 2. The average Bonchev–Trinajstić information content (AvgIpc) is 1.55. The molecule has 0 fully saturated rings. The molecule has 3 heterocycles. The van der Waals surface area contributed by atoms with Crippen molar-refractivity contribution in [3.63, 3.8) is 0 Å². The highest BCUT2D eigenvalue weighted by atomic mass is 32.1. The summed E-state index contributed by atoms with van der Waals surface area (Å²) < 4.78 is 11.9. The standard InChI is InChI=1S/C90H56OS2/c1-89(2)73-42-35-53(81-61-24-8-10-26-63(61)82(64-27-11-9-25-62(64)81)55-33-37-59-58-22-12-15-29-76(58)91-77(59)48-55)46-72(73)84-66-36-32-50(44-71(66)88-85(86(84)89)70-28-14-17-31-79(70)93-88)49-90(3)74-43-41-68-65(39-40-67-60-23-13-16-30-78(60)92-87(67)68)83(74)69-38-34-54(47-75(69)90)80-56-20-6-4-18-51(56)45-52-19-5-7-21-57(52)80/h4-48H,49H2,1-3H3. The van der Waals surface area contributed by atoms with Crippen molar-refractivity contribution in [3.8, 4) is 55.6 Å². The van der Waals surface area contributed by atoms with E-state index in [0.717, 1.165) is 33.9 Å². The van der Waals surface area contributed by atoms with E-state index in [1.807, 2.05) is 22.7 Å². The molecule has 2 aliphatic rings. The van der Waals surface area contributed by atoms with Gasteiger partial charge in [-0.1, -0.05) is 239 Å². The lowest BCUT2D eigenvalue weighted by molar-refractivity contribution is 0.584. The molecule has 0 N–H and O–H groups in total. The second-order valence-electron chi connectivity index (χ2n) is 27.1. The molecular formula is C90H56OS2. The van der Waals surface area contributed by atoms with E-state index in [2.05, 4.69) is 294 Å². The molecule has 434 valence electrons. The van der Waals surface area contributed by atoms with Crippen LogP contribution < -0.4 is 0 Å². The summed E-state index contributed by atoms with van der Waals surface area (Å²) in [6, 6.07) is 104. The largest absolute Gasteiger partial charge is 0.456 e. The van der Waals surface area contributed by atoms with Gasteiger partial charge in [0, 0.05) is 72.7 Å². The Morgan fingerprint density at radius 2 is 0.785 bits per heavy atom. The lowest BCUT2D eigenvalue weighted by Gasteiger charge is -2.29. The topological polar surface area (TPSA) is 13.1 Å². The first-order valence-electron chi connectivity index (χ1n) is 32.6. The zero-order valence-corrected chi connectivity index (χ0v) is 53.0. The first kappa shape index (κ1) is 52.0. The molecule has 0 spiro atoms. The molecule has 0 saturated heterocycles. The van der Waals surface area contributed by atoms with Gasteiger partial charge in [-0.3, -0.25) is 0 Å². The molecule has 1 atom stereocenters. The van der Waals surface area contributed by atoms with Gasteiger partial charge in [-0.25, -0.2) is 0 Å². The lowest BCUT2D eigenvalue weighted by atomic mass is 9.74. The Morgan fingerprint density at radius 1 is 0.301 bits per heavy atom. The Kier molecular flexibility index (Phi) is 10.5. The first-order chi connectivity index (χ1) is 45.7. The minimum absolute atomic E-state index is 0.274. The Bertz CT molecular complexity index is 6470. The minimum atomic E-state index is -0.376. The van der Waals surface area contributed by atoms with Crippen molar-refractivity contribution >= 4 is 150 Å². The van der Waals surface area contributed by atoms with Crippen molar-refractivity contribution in [2.45, 2.75) is 38.0 Å². The van der Waals surface area contributed by atoms with Gasteiger partial charge in [0.15, 0.2) is 0 Å². The van der Waals surface area contributed by atoms with Crippen LogP contribution in [-0.2, 0) is 17.3 Å². The van der Waals surface area contributed by atoms with Crippen molar-refractivity contribution in [1.82, 2.24) is 0 Å². The Morgan fingerprint density at radius 3 is 1.52 bits per heavy atom. The van der Waals surface area contributed by atoms with E-state index in [-0.39, 0.29) is 10.8 Å². The van der Waals surface area contributed by atoms with Crippen molar-refractivity contribution in [1.29, 1.82) is 0 Å². The van der Waals surface area contributed by atoms with Crippen LogP contribution in [0.2, 0.25) is 0 Å². The maximum atomic E-state index is 6.53. The zero-order valence-electron chi connectivity index (χ0n) is 51.4. The third-order valence-corrected chi connectivity index (χ3v) is 24.2. The molecule has 2 aliphatic carbocycles. The fourth-order valence-corrected chi connectivity index (χ4v) is 20.2. The van der Waals surface area contributed by atoms with E-state index in [1.165, 1.54) is 183 Å². The number of rotatable bonds is 5. The summed E-state index contributed by atoms with van der Waals surface area (Å²) in [7, 11) is 0. The Labute approximate surface area is 544 Å². The highest BCUT2D eigenvalue weighted by Gasteiger charge is 2.43. The molecule has 0 aliphatic heterocycles. The third-order valence-electron chi connectivity index (χ3n) is 21.8. The predicted octanol–water partition coefficient (Wildman–Crippen LogP) is 26.1. The summed E-state index contributed by atoms with van der Waals surface area (Å²) in [4.78, 5) is 0. The maximum absolute atomic E-state index is 6.53. The van der Waals surface area contributed by atoms with E-state index < -0.39 is 0 Å². The highest BCUT2D eigenvalue weighted by molar-refractivity contribution is 7.27. The van der Waals surface area contributed by atoms with Crippen molar-refractivity contribution in [3.05, 3.63) is 301 Å². The van der Waals surface area contributed by atoms with E-state index in [1.54, 1.807) is 0 Å². The van der Waals surface area contributed by atoms with Crippen LogP contribution in [0.4, 0.5) is 0 Å². The summed E-state index contributed by atoms with van der Waals surface area (Å²) in [5.41, 5.74) is 21.0. The summed E-state index contributed by atoms with van der Waals surface area (Å²) in [5.74, 6) is 0. The molecule has 21 rings (SSSR count). The molecule has 1 nitrogen and oxygen atoms in total. The van der Waals surface area contributed by atoms with E-state index in [0.29, 0.717) is 0 Å². The zero-order chi connectivity index (χ0) is 61.2. The fraction of sp³-hybridized carbons (Fsp3) is 0.0667. The Balaban J connectivity index is 0.772. The lowest BCUT2D eigenvalue weighted by Crippen LogP contribution is -2.24. The number of hydrogen-bond acceptors (Lipinski definition) is 3. The highest BCUT2D eigenvalue weighted by Crippen LogP contribution is 2.60. The fourth-order valence-electron chi connectivity index (χ4n) is 17.8. The smallest absolute Gasteiger partial charge is 0.136 e. The van der Waals surface area contributed by atoms with Crippen LogP contribution in [0.15, 0.2) is 277 Å². The van der Waals surface area contributed by atoms with E-state index >= 15 is 0 Å². The molecule has 0 amide bonds. The van der Waals surface area contributed by atoms with Gasteiger partial charge in [0.05, 0.1) is 0 Å². The van der Waals surface area contributed by atoms with E-state index in [9.17, 15) is 0 Å². The van der Waals surface area contributed by atoms with Crippen LogP contribution in [-0.4, -0.2) is 0 Å². The second-order valence-corrected chi connectivity index (χ2v) is 29.2. The van der Waals surface area contributed by atoms with Gasteiger partial charge in [0.1, 0.15) is 11.2 Å². The van der Waals surface area contributed by atoms with Gasteiger partial charge in [0.2, 0.25) is 0 Å². The SMILES string of the molecule is CC1(C)c2ccc(-c3c4ccccc4c(-c4ccc5c(c4)oc4ccccc45)c4ccccc34)cc2-c2c1c1c3ccccc3sc1c1cc(CC3(C)c4cc(-c5c6ccccc6cc6ccccc56)ccc4-c4c3ccc3c4ccc4c5ccccc5sc34)ccc21. The van der Waals surface area contributed by atoms with Crippen LogP contribution in [0, 0.1) is 0 Å². The summed E-state index contributed by atoms with van der Waals surface area (Å²) in [6.07, 6.45) is 0.831. The van der Waals surface area contributed by atoms with Crippen LogP contribution in [0.5, 0.6) is 0 Å². The second kappa shape index (κ2) is 18.7. The molecule has 3 aromatic heterocycles. The maximum Gasteiger partial charge on any atom is 0.136 e. The normalized spacial score (nSPS) is 15.0. The average molecular weight is 1220 g/mol. The Hall–Kier alpha value is -10.7. The summed E-state index contributed by atoms with van der Waals surface area (Å²) >= 11 is 3.90. The van der Waals surface area contributed by atoms with Crippen LogP contribution >= 0.6 is 22.7 Å². The number of hydrogen-bond donors (Lipinski definition) is 0. The molecular weight excluding hydrogens is 1160 g/mol. The summed E-state index contributed by atoms with van der Waals surface area (Å²) in [6.45, 7) is 7.50.